The van der Waals surface area contributed by atoms with Gasteiger partial charge in [0.05, 0.1) is 5.56 Å². The molecule has 0 aliphatic carbocycles. The Labute approximate surface area is 89.3 Å². The summed E-state index contributed by atoms with van der Waals surface area (Å²) in [6.07, 6.45) is -3.59. The minimum absolute atomic E-state index is 0. The van der Waals surface area contributed by atoms with Gasteiger partial charge in [-0.1, -0.05) is 0 Å². The van der Waals surface area contributed by atoms with Crippen LogP contribution >= 0.6 is 12.4 Å². The number of hydrogen-bond donors (Lipinski definition) is 1. The fourth-order valence-corrected chi connectivity index (χ4v) is 1.18. The second-order valence-electron chi connectivity index (χ2n) is 2.38. The first-order chi connectivity index (χ1) is 6.21. The van der Waals surface area contributed by atoms with E-state index < -0.39 is 26.8 Å². The van der Waals surface area contributed by atoms with Crippen LogP contribution in [0.1, 0.15) is 5.56 Å². The molecule has 0 spiro atoms. The number of nitrogens with zero attached hydrogens (tertiary/aromatic N) is 1. The van der Waals surface area contributed by atoms with E-state index in [9.17, 15) is 21.6 Å². The van der Waals surface area contributed by atoms with E-state index in [1.807, 2.05) is 0 Å². The molecule has 0 radical (unpaired) electrons. The maximum absolute atomic E-state index is 12.0. The van der Waals surface area contributed by atoms with Gasteiger partial charge >= 0.3 is 6.18 Å². The highest BCUT2D eigenvalue weighted by atomic mass is 35.5. The third kappa shape index (κ3) is 3.65. The summed E-state index contributed by atoms with van der Waals surface area (Å²) in [4.78, 5) is 2.18. The Balaban J connectivity index is 0.00000196. The Kier molecular flexibility index (Phi) is 4.08. The number of alkyl halides is 3. The summed E-state index contributed by atoms with van der Waals surface area (Å²) >= 11 is 0. The van der Waals surface area contributed by atoms with Crippen LogP contribution in [0.5, 0.6) is 0 Å². The number of pyridine rings is 1. The van der Waals surface area contributed by atoms with Crippen molar-refractivity contribution in [2.45, 2.75) is 11.1 Å². The zero-order chi connectivity index (χ0) is 11.0. The van der Waals surface area contributed by atoms with Crippen LogP contribution in [0, 0.1) is 0 Å². The maximum Gasteiger partial charge on any atom is 0.417 e. The van der Waals surface area contributed by atoms with Crippen molar-refractivity contribution in [3.05, 3.63) is 24.0 Å². The van der Waals surface area contributed by atoms with Crippen LogP contribution < -0.4 is 0 Å². The van der Waals surface area contributed by atoms with Crippen LogP contribution in [0.2, 0.25) is 0 Å². The van der Waals surface area contributed by atoms with Crippen molar-refractivity contribution in [2.24, 2.45) is 0 Å². The van der Waals surface area contributed by atoms with Crippen molar-refractivity contribution in [3.63, 3.8) is 0 Å². The normalized spacial score (nSPS) is 12.0. The molecule has 0 saturated heterocycles. The molecule has 0 fully saturated rings. The summed E-state index contributed by atoms with van der Waals surface area (Å²) in [6.45, 7) is 0. The van der Waals surface area contributed by atoms with Crippen molar-refractivity contribution < 1.29 is 26.1 Å². The third-order valence-corrected chi connectivity index (χ3v) is 2.16. The molecule has 1 aromatic heterocycles. The molecular formula is C6H5ClF3NO3S. The van der Waals surface area contributed by atoms with Crippen LogP contribution in [0.4, 0.5) is 13.2 Å². The van der Waals surface area contributed by atoms with E-state index in [0.717, 1.165) is 0 Å². The predicted molar refractivity (Wildman–Crippen MR) is 46.3 cm³/mol. The van der Waals surface area contributed by atoms with E-state index in [1.54, 1.807) is 0 Å². The van der Waals surface area contributed by atoms with Gasteiger partial charge in [0.2, 0.25) is 0 Å². The second kappa shape index (κ2) is 4.33. The Morgan fingerprint density at radius 3 is 2.20 bits per heavy atom. The lowest BCUT2D eigenvalue weighted by molar-refractivity contribution is -0.138. The van der Waals surface area contributed by atoms with Crippen LogP contribution in [0.15, 0.2) is 23.4 Å². The van der Waals surface area contributed by atoms with E-state index in [4.69, 9.17) is 4.55 Å². The number of hydrogen-bond acceptors (Lipinski definition) is 3. The van der Waals surface area contributed by atoms with Crippen molar-refractivity contribution >= 4 is 22.5 Å². The van der Waals surface area contributed by atoms with Gasteiger partial charge in [0, 0.05) is 12.4 Å². The van der Waals surface area contributed by atoms with Gasteiger partial charge < -0.3 is 0 Å². The highest BCUT2D eigenvalue weighted by molar-refractivity contribution is 7.85. The molecular weight excluding hydrogens is 259 g/mol. The first kappa shape index (κ1) is 14.1. The second-order valence-corrected chi connectivity index (χ2v) is 3.80. The van der Waals surface area contributed by atoms with Crippen LogP contribution in [0.3, 0.4) is 0 Å². The highest BCUT2D eigenvalue weighted by Gasteiger charge is 2.32. The van der Waals surface area contributed by atoms with Crippen molar-refractivity contribution in [1.82, 2.24) is 4.98 Å². The summed E-state index contributed by atoms with van der Waals surface area (Å²) in [5, 5.41) is 0. The molecule has 1 heterocycles. The molecule has 86 valence electrons. The van der Waals surface area contributed by atoms with E-state index in [0.29, 0.717) is 18.5 Å². The molecule has 1 aromatic rings. The van der Waals surface area contributed by atoms with Gasteiger partial charge in [0.15, 0.2) is 0 Å². The van der Waals surface area contributed by atoms with Gasteiger partial charge in [-0.2, -0.15) is 21.6 Å². The SMILES string of the molecule is Cl.O=S(=O)(O)c1cncc(C(F)(F)F)c1. The van der Waals surface area contributed by atoms with Gasteiger partial charge in [-0.05, 0) is 6.07 Å². The topological polar surface area (TPSA) is 67.3 Å². The molecule has 0 atom stereocenters. The third-order valence-electron chi connectivity index (χ3n) is 1.34. The van der Waals surface area contributed by atoms with E-state index in [2.05, 4.69) is 4.98 Å². The molecule has 15 heavy (non-hydrogen) atoms. The van der Waals surface area contributed by atoms with Gasteiger partial charge in [0.25, 0.3) is 10.1 Å². The molecule has 0 aliphatic rings. The van der Waals surface area contributed by atoms with Gasteiger partial charge in [-0.3, -0.25) is 9.54 Å². The molecule has 1 N–H and O–H groups in total. The standard InChI is InChI=1S/C6H4F3NO3S.ClH/c7-6(8,9)4-1-5(3-10-2-4)14(11,12)13;/h1-3H,(H,11,12,13);1H. The lowest BCUT2D eigenvalue weighted by Gasteiger charge is -2.05. The first-order valence-electron chi connectivity index (χ1n) is 3.21. The highest BCUT2D eigenvalue weighted by Crippen LogP contribution is 2.29. The van der Waals surface area contributed by atoms with E-state index in [-0.39, 0.29) is 12.4 Å². The Morgan fingerprint density at radius 2 is 1.80 bits per heavy atom. The van der Waals surface area contributed by atoms with Crippen LogP contribution in [-0.2, 0) is 16.3 Å². The van der Waals surface area contributed by atoms with Gasteiger partial charge in [-0.25, -0.2) is 0 Å². The summed E-state index contributed by atoms with van der Waals surface area (Å²) in [5.41, 5.74) is -1.23. The van der Waals surface area contributed by atoms with Crippen LogP contribution in [-0.4, -0.2) is 18.0 Å². The lowest BCUT2D eigenvalue weighted by atomic mass is 10.3. The van der Waals surface area contributed by atoms with Gasteiger partial charge in [0.1, 0.15) is 4.90 Å². The molecule has 9 heteroatoms. The number of aromatic nitrogens is 1. The average Bonchev–Trinajstić information content (AvgIpc) is 2.01. The number of halogens is 4. The molecule has 0 aliphatic heterocycles. The van der Waals surface area contributed by atoms with Crippen LogP contribution in [0.25, 0.3) is 0 Å². The molecule has 4 nitrogen and oxygen atoms in total. The first-order valence-corrected chi connectivity index (χ1v) is 4.65. The fraction of sp³-hybridized carbons (Fsp3) is 0.167. The minimum atomic E-state index is -4.69. The Bertz CT molecular complexity index is 445. The lowest BCUT2D eigenvalue weighted by Crippen LogP contribution is -2.08. The molecule has 0 bridgehead atoms. The summed E-state index contributed by atoms with van der Waals surface area (Å²) in [6, 6.07) is 0.308. The smallest absolute Gasteiger partial charge is 0.282 e. The van der Waals surface area contributed by atoms with Crippen molar-refractivity contribution in [3.8, 4) is 0 Å². The van der Waals surface area contributed by atoms with Crippen molar-refractivity contribution in [1.29, 1.82) is 0 Å². The zero-order valence-electron chi connectivity index (χ0n) is 6.89. The van der Waals surface area contributed by atoms with Crippen molar-refractivity contribution in [2.75, 3.05) is 0 Å². The fourth-order valence-electron chi connectivity index (χ4n) is 0.715. The zero-order valence-corrected chi connectivity index (χ0v) is 8.53. The quantitative estimate of drug-likeness (QED) is 0.784. The average molecular weight is 264 g/mol. The number of rotatable bonds is 1. The van der Waals surface area contributed by atoms with E-state index in [1.165, 1.54) is 0 Å². The molecule has 1 rings (SSSR count). The monoisotopic (exact) mass is 263 g/mol. The Hall–Kier alpha value is -0.860. The summed E-state index contributed by atoms with van der Waals surface area (Å²) in [7, 11) is -4.65. The maximum atomic E-state index is 12.0. The molecule has 0 unspecified atom stereocenters. The summed E-state index contributed by atoms with van der Waals surface area (Å²) < 4.78 is 65.5. The molecule has 0 amide bonds. The van der Waals surface area contributed by atoms with Gasteiger partial charge in [-0.15, -0.1) is 12.4 Å². The Morgan fingerprint density at radius 1 is 1.27 bits per heavy atom. The molecule has 0 aromatic carbocycles. The summed E-state index contributed by atoms with van der Waals surface area (Å²) in [5.74, 6) is 0. The largest absolute Gasteiger partial charge is 0.417 e. The van der Waals surface area contributed by atoms with E-state index >= 15 is 0 Å². The minimum Gasteiger partial charge on any atom is -0.282 e. The predicted octanol–water partition coefficient (Wildman–Crippen LogP) is 1.77. The molecule has 0 saturated carbocycles.